The van der Waals surface area contributed by atoms with Crippen LogP contribution < -0.4 is 10.5 Å². The van der Waals surface area contributed by atoms with Crippen molar-refractivity contribution in [3.63, 3.8) is 0 Å². The number of nitrogens with two attached hydrogens (primary N) is 1. The number of carbonyl (C=O) groups excluding carboxylic acids is 1. The molecule has 16 heteroatoms. The van der Waals surface area contributed by atoms with E-state index < -0.39 is 37.0 Å². The molecule has 0 spiro atoms. The number of hydrogen-bond acceptors (Lipinski definition) is 13. The Kier molecular flexibility index (Phi) is 9.50. The summed E-state index contributed by atoms with van der Waals surface area (Å²) in [5, 5.41) is 19.8. The molecule has 13 nitrogen and oxygen atoms in total. The van der Waals surface area contributed by atoms with Crippen LogP contribution in [0, 0.1) is 5.41 Å². The number of halogens is 1. The highest BCUT2D eigenvalue weighted by atomic mass is 35.5. The predicted octanol–water partition coefficient (Wildman–Crippen LogP) is 2.03. The van der Waals surface area contributed by atoms with Crippen LogP contribution in [0.1, 0.15) is 33.9 Å². The van der Waals surface area contributed by atoms with Gasteiger partial charge in [-0.05, 0) is 27.7 Å². The molecule has 1 saturated heterocycles. The average Bonchev–Trinajstić information content (AvgIpc) is 3.33. The first-order valence-electron chi connectivity index (χ1n) is 11.1. The van der Waals surface area contributed by atoms with Gasteiger partial charge in [0.25, 0.3) is 0 Å². The van der Waals surface area contributed by atoms with E-state index in [9.17, 15) is 19.6 Å². The van der Waals surface area contributed by atoms with Gasteiger partial charge in [-0.2, -0.15) is 9.97 Å². The minimum atomic E-state index is -2.54. The molecule has 0 aromatic carbocycles. The first-order valence-corrected chi connectivity index (χ1v) is 13.5. The topological polar surface area (TPSA) is 181 Å². The summed E-state index contributed by atoms with van der Waals surface area (Å²) in [5.41, 5.74) is 5.61. The molecule has 3 rings (SSSR count). The Morgan fingerprint density at radius 3 is 2.81 bits per heavy atom. The third kappa shape index (κ3) is 6.25. The highest BCUT2D eigenvalue weighted by Crippen LogP contribution is 2.45. The highest BCUT2D eigenvalue weighted by molar-refractivity contribution is 8.13. The molecule has 0 amide bonds. The monoisotopic (exact) mass is 566 g/mol. The number of nitrogen functional groups attached to an aromatic ring is 1. The maximum atomic E-state index is 12.1. The van der Waals surface area contributed by atoms with Crippen molar-refractivity contribution >= 4 is 53.8 Å². The number of ether oxygens (including phenoxy) is 2. The number of aromatic nitrogens is 4. The van der Waals surface area contributed by atoms with Gasteiger partial charge in [0.15, 0.2) is 22.5 Å². The van der Waals surface area contributed by atoms with Crippen molar-refractivity contribution in [3.05, 3.63) is 6.33 Å². The van der Waals surface area contributed by atoms with Crippen LogP contribution in [0.5, 0.6) is 5.88 Å². The molecule has 4 N–H and O–H groups in total. The third-order valence-electron chi connectivity index (χ3n) is 5.46. The van der Waals surface area contributed by atoms with E-state index in [1.165, 1.54) is 10.9 Å². The first kappa shape index (κ1) is 28.9. The minimum absolute atomic E-state index is 0.0125. The van der Waals surface area contributed by atoms with Gasteiger partial charge in [0, 0.05) is 10.3 Å². The van der Waals surface area contributed by atoms with Crippen LogP contribution in [0.15, 0.2) is 6.33 Å². The highest BCUT2D eigenvalue weighted by Gasteiger charge is 2.54. The van der Waals surface area contributed by atoms with E-state index in [0.29, 0.717) is 17.8 Å². The zero-order valence-corrected chi connectivity index (χ0v) is 22.8. The number of fused-ring (bicyclic) bond motifs is 1. The summed E-state index contributed by atoms with van der Waals surface area (Å²) in [7, 11) is -2.54. The summed E-state index contributed by atoms with van der Waals surface area (Å²) in [4.78, 5) is 23.2. The number of imidazole rings is 1. The summed E-state index contributed by atoms with van der Waals surface area (Å²) in [5.74, 6) is 0.415. The van der Waals surface area contributed by atoms with Gasteiger partial charge in [0.2, 0.25) is 11.8 Å². The van der Waals surface area contributed by atoms with Crippen molar-refractivity contribution in [2.24, 2.45) is 5.41 Å². The first-order chi connectivity index (χ1) is 16.9. The van der Waals surface area contributed by atoms with Gasteiger partial charge in [0.05, 0.1) is 25.0 Å². The molecule has 1 unspecified atom stereocenters. The Balaban J connectivity index is 1.60. The number of carbonyl (C=O) groups is 1. The van der Waals surface area contributed by atoms with Crippen molar-refractivity contribution < 1.29 is 38.1 Å². The van der Waals surface area contributed by atoms with Gasteiger partial charge < -0.3 is 25.4 Å². The number of aliphatic hydroxyl groups is 2. The summed E-state index contributed by atoms with van der Waals surface area (Å²) in [6, 6.07) is 0. The smallest absolute Gasteiger partial charge is 0.476 e. The van der Waals surface area contributed by atoms with Crippen molar-refractivity contribution in [2.45, 2.75) is 51.0 Å². The molecular weight excluding hydrogens is 537 g/mol. The second-order valence-corrected chi connectivity index (χ2v) is 11.6. The molecule has 1 fully saturated rings. The van der Waals surface area contributed by atoms with Crippen molar-refractivity contribution in [3.8, 4) is 5.88 Å². The number of rotatable bonds is 12. The standard InChI is InChI=1S/C20H30ClN5O8PS/c1-5-31-15-12-14(24-18(22)25-15)26(10-23-12)16-20(4,21)13(28)11(34-16)8-33-35(30)32-6-7-36-17(29)19(2,3)9-27/h10-11,13,16,27-28H,5-9H2,1-4H3,(H2,22,24,25)/q+1/t11-,13-,16-,20-/m1/s1. The molecule has 1 aliphatic rings. The van der Waals surface area contributed by atoms with Crippen molar-refractivity contribution in [1.29, 1.82) is 0 Å². The lowest BCUT2D eigenvalue weighted by Crippen LogP contribution is -2.39. The molecule has 0 bridgehead atoms. The Morgan fingerprint density at radius 1 is 1.42 bits per heavy atom. The maximum Gasteiger partial charge on any atom is 0.697 e. The van der Waals surface area contributed by atoms with E-state index >= 15 is 0 Å². The molecule has 3 heterocycles. The summed E-state index contributed by atoms with van der Waals surface area (Å²) in [6.45, 7) is 6.43. The van der Waals surface area contributed by atoms with Gasteiger partial charge in [-0.3, -0.25) is 9.36 Å². The van der Waals surface area contributed by atoms with Gasteiger partial charge in [-0.1, -0.05) is 11.8 Å². The van der Waals surface area contributed by atoms with Crippen molar-refractivity contribution in [2.75, 3.05) is 37.9 Å². The summed E-state index contributed by atoms with van der Waals surface area (Å²) in [6.07, 6.45) is -1.63. The Bertz CT molecular complexity index is 1100. The molecule has 0 aliphatic carbocycles. The fourth-order valence-corrected chi connectivity index (χ4v) is 5.16. The van der Waals surface area contributed by atoms with E-state index in [-0.39, 0.29) is 42.5 Å². The number of anilines is 1. The second-order valence-electron chi connectivity index (χ2n) is 8.80. The zero-order chi connectivity index (χ0) is 26.7. The Hall–Kier alpha value is -1.64. The fourth-order valence-electron chi connectivity index (χ4n) is 3.34. The number of aliphatic hydroxyl groups excluding tert-OH is 2. The largest absolute Gasteiger partial charge is 0.697 e. The Labute approximate surface area is 218 Å². The predicted molar refractivity (Wildman–Crippen MR) is 133 cm³/mol. The summed E-state index contributed by atoms with van der Waals surface area (Å²) < 4.78 is 35.4. The van der Waals surface area contributed by atoms with Crippen LogP contribution >= 0.6 is 31.6 Å². The quantitative estimate of drug-likeness (QED) is 0.193. The average molecular weight is 567 g/mol. The normalized spacial score (nSPS) is 24.9. The van der Waals surface area contributed by atoms with E-state index in [0.717, 1.165) is 11.8 Å². The lowest BCUT2D eigenvalue weighted by Gasteiger charge is -2.26. The van der Waals surface area contributed by atoms with E-state index in [1.54, 1.807) is 27.7 Å². The van der Waals surface area contributed by atoms with Crippen LogP contribution in [-0.4, -0.2) is 84.1 Å². The van der Waals surface area contributed by atoms with Crippen LogP contribution in [0.4, 0.5) is 5.95 Å². The zero-order valence-electron chi connectivity index (χ0n) is 20.3. The molecule has 0 radical (unpaired) electrons. The number of hydrogen-bond donors (Lipinski definition) is 3. The molecular formula is C20H30ClN5O8PS+. The number of thioether (sulfide) groups is 1. The van der Waals surface area contributed by atoms with E-state index in [2.05, 4.69) is 15.0 Å². The van der Waals surface area contributed by atoms with Gasteiger partial charge in [-0.25, -0.2) is 4.98 Å². The van der Waals surface area contributed by atoms with E-state index in [4.69, 9.17) is 35.9 Å². The number of alkyl halides is 1. The SMILES string of the molecule is CCOc1nc(N)nc2c1ncn2[C@@H]1O[C@H](CO[P+](=O)OCCSC(=O)C(C)(C)CO)[C@@H](O)[C@@]1(C)Cl. The van der Waals surface area contributed by atoms with Gasteiger partial charge in [-0.15, -0.1) is 20.6 Å². The number of nitrogens with zero attached hydrogens (tertiary/aromatic N) is 4. The fraction of sp³-hybridized carbons (Fsp3) is 0.700. The molecule has 5 atom stereocenters. The van der Waals surface area contributed by atoms with Crippen LogP contribution in [0.2, 0.25) is 0 Å². The molecule has 200 valence electrons. The van der Waals surface area contributed by atoms with Gasteiger partial charge >= 0.3 is 8.25 Å². The van der Waals surface area contributed by atoms with Crippen LogP contribution in [-0.2, 0) is 23.1 Å². The second kappa shape index (κ2) is 11.8. The van der Waals surface area contributed by atoms with Gasteiger partial charge in [0.1, 0.15) is 30.3 Å². The minimum Gasteiger partial charge on any atom is -0.476 e. The van der Waals surface area contributed by atoms with Crippen LogP contribution in [0.3, 0.4) is 0 Å². The molecule has 36 heavy (non-hydrogen) atoms. The maximum absolute atomic E-state index is 12.1. The Morgan fingerprint density at radius 2 is 2.14 bits per heavy atom. The molecule has 2 aromatic heterocycles. The van der Waals surface area contributed by atoms with Crippen molar-refractivity contribution in [1.82, 2.24) is 19.5 Å². The lowest BCUT2D eigenvalue weighted by molar-refractivity contribution is -0.119. The van der Waals surface area contributed by atoms with E-state index in [1.807, 2.05) is 0 Å². The molecule has 0 saturated carbocycles. The summed E-state index contributed by atoms with van der Waals surface area (Å²) >= 11 is 7.64. The third-order valence-corrected chi connectivity index (χ3v) is 7.81. The molecule has 1 aliphatic heterocycles. The lowest BCUT2D eigenvalue weighted by atomic mass is 9.97. The molecule has 2 aromatic rings. The van der Waals surface area contributed by atoms with Crippen LogP contribution in [0.25, 0.3) is 11.2 Å².